The number of aryl methyl sites for hydroxylation is 2. The lowest BCUT2D eigenvalue weighted by Crippen LogP contribution is -2.10. The van der Waals surface area contributed by atoms with Crippen molar-refractivity contribution in [1.29, 1.82) is 0 Å². The van der Waals surface area contributed by atoms with Crippen molar-refractivity contribution in [3.05, 3.63) is 71.3 Å². The van der Waals surface area contributed by atoms with Gasteiger partial charge in [-0.05, 0) is 54.7 Å². The SMILES string of the molecule is c1ccc(CCC2CCCc3ccccc32)cc1. The number of benzene rings is 2. The lowest BCUT2D eigenvalue weighted by Gasteiger charge is -2.25. The maximum Gasteiger partial charge on any atom is -0.0156 e. The number of fused-ring (bicyclic) bond motifs is 1. The zero-order chi connectivity index (χ0) is 12.2. The predicted molar refractivity (Wildman–Crippen MR) is 76.9 cm³/mol. The van der Waals surface area contributed by atoms with Crippen LogP contribution in [0.2, 0.25) is 0 Å². The largest absolute Gasteiger partial charge is 0.0622 e. The molecule has 0 spiro atoms. The van der Waals surface area contributed by atoms with Crippen molar-refractivity contribution < 1.29 is 0 Å². The van der Waals surface area contributed by atoms with Crippen molar-refractivity contribution in [2.45, 2.75) is 38.0 Å². The second-order valence-corrected chi connectivity index (χ2v) is 5.31. The molecule has 0 nitrogen and oxygen atoms in total. The molecule has 0 heteroatoms. The van der Waals surface area contributed by atoms with Gasteiger partial charge in [-0.2, -0.15) is 0 Å². The Kier molecular flexibility index (Phi) is 3.45. The molecule has 0 radical (unpaired) electrons. The summed E-state index contributed by atoms with van der Waals surface area (Å²) in [5.41, 5.74) is 4.67. The minimum Gasteiger partial charge on any atom is -0.0622 e. The van der Waals surface area contributed by atoms with E-state index in [1.807, 2.05) is 0 Å². The molecule has 18 heavy (non-hydrogen) atoms. The highest BCUT2D eigenvalue weighted by molar-refractivity contribution is 5.32. The first-order chi connectivity index (χ1) is 8.93. The minimum absolute atomic E-state index is 0.773. The Morgan fingerprint density at radius 1 is 0.889 bits per heavy atom. The van der Waals surface area contributed by atoms with Crippen LogP contribution in [-0.2, 0) is 12.8 Å². The second-order valence-electron chi connectivity index (χ2n) is 5.31. The maximum absolute atomic E-state index is 2.34. The molecular weight excluding hydrogens is 216 g/mol. The van der Waals surface area contributed by atoms with Crippen molar-refractivity contribution in [1.82, 2.24) is 0 Å². The standard InChI is InChI=1S/C18H20/c1-2-7-15(8-3-1)13-14-17-11-6-10-16-9-4-5-12-18(16)17/h1-5,7-9,12,17H,6,10-11,13-14H2. The summed E-state index contributed by atoms with van der Waals surface area (Å²) in [7, 11) is 0. The van der Waals surface area contributed by atoms with Crippen LogP contribution >= 0.6 is 0 Å². The fourth-order valence-electron chi connectivity index (χ4n) is 3.14. The van der Waals surface area contributed by atoms with Crippen LogP contribution in [0.25, 0.3) is 0 Å². The van der Waals surface area contributed by atoms with Gasteiger partial charge < -0.3 is 0 Å². The van der Waals surface area contributed by atoms with Gasteiger partial charge in [-0.3, -0.25) is 0 Å². The molecule has 0 saturated carbocycles. The van der Waals surface area contributed by atoms with Gasteiger partial charge in [-0.1, -0.05) is 54.6 Å². The highest BCUT2D eigenvalue weighted by Gasteiger charge is 2.19. The lowest BCUT2D eigenvalue weighted by molar-refractivity contribution is 0.520. The molecule has 0 saturated heterocycles. The van der Waals surface area contributed by atoms with Crippen LogP contribution in [0.4, 0.5) is 0 Å². The third-order valence-corrected chi connectivity index (χ3v) is 4.12. The van der Waals surface area contributed by atoms with E-state index >= 15 is 0 Å². The van der Waals surface area contributed by atoms with Gasteiger partial charge in [0, 0.05) is 0 Å². The molecule has 2 aromatic carbocycles. The zero-order valence-electron chi connectivity index (χ0n) is 10.8. The van der Waals surface area contributed by atoms with E-state index in [-0.39, 0.29) is 0 Å². The average Bonchev–Trinajstić information content (AvgIpc) is 2.46. The van der Waals surface area contributed by atoms with Gasteiger partial charge in [0.25, 0.3) is 0 Å². The summed E-state index contributed by atoms with van der Waals surface area (Å²) in [5.74, 6) is 0.773. The molecule has 1 atom stereocenters. The van der Waals surface area contributed by atoms with E-state index < -0.39 is 0 Å². The third-order valence-electron chi connectivity index (χ3n) is 4.12. The first-order valence-electron chi connectivity index (χ1n) is 7.05. The molecule has 92 valence electrons. The number of hydrogen-bond acceptors (Lipinski definition) is 0. The van der Waals surface area contributed by atoms with Gasteiger partial charge in [0.15, 0.2) is 0 Å². The van der Waals surface area contributed by atoms with Gasteiger partial charge in [0.2, 0.25) is 0 Å². The first kappa shape index (κ1) is 11.5. The summed E-state index contributed by atoms with van der Waals surface area (Å²) < 4.78 is 0. The van der Waals surface area contributed by atoms with E-state index in [4.69, 9.17) is 0 Å². The molecule has 0 heterocycles. The molecule has 1 aliphatic rings. The van der Waals surface area contributed by atoms with Crippen LogP contribution in [-0.4, -0.2) is 0 Å². The Labute approximate surface area is 110 Å². The summed E-state index contributed by atoms with van der Waals surface area (Å²) in [6.07, 6.45) is 6.50. The Morgan fingerprint density at radius 3 is 2.56 bits per heavy atom. The zero-order valence-corrected chi connectivity index (χ0v) is 10.8. The molecule has 1 unspecified atom stereocenters. The maximum atomic E-state index is 2.34. The Morgan fingerprint density at radius 2 is 1.67 bits per heavy atom. The summed E-state index contributed by atoms with van der Waals surface area (Å²) in [4.78, 5) is 0. The summed E-state index contributed by atoms with van der Waals surface area (Å²) in [5, 5.41) is 0. The Hall–Kier alpha value is -1.56. The molecule has 1 aliphatic carbocycles. The molecule has 0 aliphatic heterocycles. The quantitative estimate of drug-likeness (QED) is 0.722. The van der Waals surface area contributed by atoms with Crippen LogP contribution in [0.1, 0.15) is 41.9 Å². The van der Waals surface area contributed by atoms with Gasteiger partial charge >= 0.3 is 0 Å². The summed E-state index contributed by atoms with van der Waals surface area (Å²) in [6.45, 7) is 0. The number of rotatable bonds is 3. The summed E-state index contributed by atoms with van der Waals surface area (Å²) in [6, 6.07) is 19.9. The molecule has 0 fully saturated rings. The van der Waals surface area contributed by atoms with Crippen LogP contribution in [0.3, 0.4) is 0 Å². The predicted octanol–water partition coefficient (Wildman–Crippen LogP) is 4.74. The Bertz CT molecular complexity index is 498. The monoisotopic (exact) mass is 236 g/mol. The van der Waals surface area contributed by atoms with E-state index in [1.165, 1.54) is 37.7 Å². The van der Waals surface area contributed by atoms with Crippen molar-refractivity contribution in [3.63, 3.8) is 0 Å². The number of hydrogen-bond donors (Lipinski definition) is 0. The Balaban J connectivity index is 1.71. The van der Waals surface area contributed by atoms with E-state index in [2.05, 4.69) is 54.6 Å². The first-order valence-corrected chi connectivity index (χ1v) is 7.05. The smallest absolute Gasteiger partial charge is 0.0156 e. The van der Waals surface area contributed by atoms with Gasteiger partial charge in [0.05, 0.1) is 0 Å². The molecule has 0 amide bonds. The van der Waals surface area contributed by atoms with E-state index in [9.17, 15) is 0 Å². The van der Waals surface area contributed by atoms with Gasteiger partial charge in [0.1, 0.15) is 0 Å². The fraction of sp³-hybridized carbons (Fsp3) is 0.333. The van der Waals surface area contributed by atoms with E-state index in [0.717, 1.165) is 5.92 Å². The molecular formula is C18H20. The average molecular weight is 236 g/mol. The van der Waals surface area contributed by atoms with E-state index in [1.54, 1.807) is 11.1 Å². The molecule has 2 aromatic rings. The third kappa shape index (κ3) is 2.48. The van der Waals surface area contributed by atoms with Crippen LogP contribution in [0.5, 0.6) is 0 Å². The fourth-order valence-corrected chi connectivity index (χ4v) is 3.14. The minimum atomic E-state index is 0.773. The molecule has 0 bridgehead atoms. The highest BCUT2D eigenvalue weighted by Crippen LogP contribution is 2.34. The van der Waals surface area contributed by atoms with Crippen molar-refractivity contribution in [3.8, 4) is 0 Å². The van der Waals surface area contributed by atoms with Gasteiger partial charge in [-0.15, -0.1) is 0 Å². The van der Waals surface area contributed by atoms with E-state index in [0.29, 0.717) is 0 Å². The summed E-state index contributed by atoms with van der Waals surface area (Å²) >= 11 is 0. The topological polar surface area (TPSA) is 0 Å². The van der Waals surface area contributed by atoms with Crippen molar-refractivity contribution in [2.24, 2.45) is 0 Å². The highest BCUT2D eigenvalue weighted by atomic mass is 14.2. The van der Waals surface area contributed by atoms with Crippen LogP contribution in [0, 0.1) is 0 Å². The molecule has 0 aromatic heterocycles. The van der Waals surface area contributed by atoms with Crippen molar-refractivity contribution >= 4 is 0 Å². The van der Waals surface area contributed by atoms with Crippen LogP contribution < -0.4 is 0 Å². The van der Waals surface area contributed by atoms with Crippen LogP contribution in [0.15, 0.2) is 54.6 Å². The van der Waals surface area contributed by atoms with Crippen molar-refractivity contribution in [2.75, 3.05) is 0 Å². The van der Waals surface area contributed by atoms with Gasteiger partial charge in [-0.25, -0.2) is 0 Å². The lowest BCUT2D eigenvalue weighted by atomic mass is 9.80. The molecule has 3 rings (SSSR count). The molecule has 0 N–H and O–H groups in total. The normalized spacial score (nSPS) is 18.3. The second kappa shape index (κ2) is 5.39.